The van der Waals surface area contributed by atoms with Crippen LogP contribution in [0.25, 0.3) is 22.3 Å². The van der Waals surface area contributed by atoms with Crippen LogP contribution in [0, 0.1) is 0 Å². The van der Waals surface area contributed by atoms with Gasteiger partial charge in [-0.2, -0.15) is 26.3 Å². The molecule has 1 atom stereocenters. The van der Waals surface area contributed by atoms with Crippen molar-refractivity contribution in [1.29, 1.82) is 0 Å². The molecule has 2 aliphatic carbocycles. The first-order chi connectivity index (χ1) is 27.3. The maximum absolute atomic E-state index is 13.8. The normalized spacial score (nSPS) is 15.3. The predicted octanol–water partition coefficient (Wildman–Crippen LogP) is 14.7. The van der Waals surface area contributed by atoms with Crippen molar-refractivity contribution in [2.45, 2.75) is 96.4 Å². The standard InChI is InChI=1S/C19H18BrF3O3.C18H17BrO3.C4H9F3Si.CH4.3HI.V/c1-17(2,24)7-8-26-11-9-14-16(15(20)10-11)12-5-3-4-6-13(12)18(14,25)19(21,22)23;1-18(2,21)7-8-22-11-9-14-16(15(19)10-11)12-5-3-4-6-13(12)17(14)20;1-8(2,3)4(5,6)7;;;;;/h3-6,9-10,24-25H,7-8H2,1-2H3;3-6,9-10,21H,7-8H2,1-2H3;1-3H3;1H4;3*1H;/q;;;;;;;+3/p-3/t18-;;;;;;;/m1......./s1. The van der Waals surface area contributed by atoms with Gasteiger partial charge < -0.3 is 24.8 Å². The van der Waals surface area contributed by atoms with Crippen LogP contribution in [0.4, 0.5) is 26.3 Å². The molecule has 6 nitrogen and oxygen atoms in total. The van der Waals surface area contributed by atoms with Crippen molar-refractivity contribution in [2.75, 3.05) is 13.2 Å². The van der Waals surface area contributed by atoms with Gasteiger partial charge in [0.1, 0.15) is 11.5 Å². The van der Waals surface area contributed by atoms with E-state index in [1.54, 1.807) is 52.0 Å². The third kappa shape index (κ3) is 15.3. The second-order valence-electron chi connectivity index (χ2n) is 16.0. The molecule has 0 aliphatic heterocycles. The van der Waals surface area contributed by atoms with E-state index in [9.17, 15) is 46.5 Å². The fourth-order valence-corrected chi connectivity index (χ4v) is 7.00. The molecule has 338 valence electrons. The third-order valence-corrected chi connectivity index (χ3v) is 12.0. The summed E-state index contributed by atoms with van der Waals surface area (Å²) in [5, 5.41) is 30.2. The Morgan fingerprint density at radius 2 is 1.07 bits per heavy atom. The Morgan fingerprint density at radius 1 is 0.672 bits per heavy atom. The zero-order valence-electron chi connectivity index (χ0n) is 33.4. The van der Waals surface area contributed by atoms with Crippen LogP contribution >= 0.6 is 91.8 Å². The van der Waals surface area contributed by atoms with Crippen LogP contribution in [0.2, 0.25) is 19.6 Å². The number of carbonyl (C=O) groups is 1. The van der Waals surface area contributed by atoms with E-state index in [1.807, 2.05) is 30.3 Å². The predicted molar refractivity (Wildman–Crippen MR) is 263 cm³/mol. The van der Waals surface area contributed by atoms with E-state index in [1.165, 1.54) is 37.8 Å². The van der Waals surface area contributed by atoms with Crippen LogP contribution in [0.5, 0.6) is 11.5 Å². The van der Waals surface area contributed by atoms with Gasteiger partial charge in [-0.05, 0) is 79.0 Å². The molecular weight excluding hydrogens is 1330 g/mol. The van der Waals surface area contributed by atoms with Crippen LogP contribution < -0.4 is 9.47 Å². The molecular formula is C42H48Br2F6I3O6SiV. The molecule has 0 unspecified atom stereocenters. The van der Waals surface area contributed by atoms with E-state index in [4.69, 9.17) is 9.47 Å². The van der Waals surface area contributed by atoms with Crippen molar-refractivity contribution < 1.29 is 60.9 Å². The summed E-state index contributed by atoms with van der Waals surface area (Å²) in [5.41, 5.74) is -1.37. The van der Waals surface area contributed by atoms with Crippen LogP contribution in [0.3, 0.4) is 0 Å². The summed E-state index contributed by atoms with van der Waals surface area (Å²) in [7, 11) is -2.86. The molecule has 0 saturated carbocycles. The molecule has 19 heteroatoms. The zero-order chi connectivity index (χ0) is 45.8. The summed E-state index contributed by atoms with van der Waals surface area (Å²) >= 11 is 14.2. The van der Waals surface area contributed by atoms with Crippen molar-refractivity contribution in [3.8, 4) is 33.8 Å². The van der Waals surface area contributed by atoms with E-state index >= 15 is 0 Å². The second kappa shape index (κ2) is 22.4. The Morgan fingerprint density at radius 3 is 1.49 bits per heavy atom. The van der Waals surface area contributed by atoms with Gasteiger partial charge in [0, 0.05) is 55.2 Å². The van der Waals surface area contributed by atoms with Gasteiger partial charge >= 0.3 is 76.8 Å². The molecule has 0 radical (unpaired) electrons. The van der Waals surface area contributed by atoms with Gasteiger partial charge in [-0.15, -0.1) is 0 Å². The van der Waals surface area contributed by atoms with Gasteiger partial charge in [-0.25, -0.2) is 0 Å². The van der Waals surface area contributed by atoms with Crippen molar-refractivity contribution in [2.24, 2.45) is 0 Å². The molecule has 0 heterocycles. The van der Waals surface area contributed by atoms with Crippen LogP contribution in [0.1, 0.15) is 75.0 Å². The number of hydrogen-bond donors (Lipinski definition) is 3. The Kier molecular flexibility index (Phi) is 20.8. The Bertz CT molecular complexity index is 2130. The molecule has 0 bridgehead atoms. The Labute approximate surface area is 409 Å². The topological polar surface area (TPSA) is 96.2 Å². The summed E-state index contributed by atoms with van der Waals surface area (Å²) < 4.78 is 88.8. The summed E-state index contributed by atoms with van der Waals surface area (Å²) in [6, 6.07) is 20.0. The molecule has 4 aromatic rings. The molecule has 0 aromatic heterocycles. The van der Waals surface area contributed by atoms with Gasteiger partial charge in [-0.3, -0.25) is 4.79 Å². The average Bonchev–Trinajstić information content (AvgIpc) is 3.52. The van der Waals surface area contributed by atoms with Crippen molar-refractivity contribution >= 4 is 106 Å². The molecule has 3 N–H and O–H groups in total. The van der Waals surface area contributed by atoms with E-state index in [0.29, 0.717) is 46.4 Å². The van der Waals surface area contributed by atoms with Crippen LogP contribution in [0.15, 0.2) is 81.7 Å². The minimum atomic E-state index is -4.89. The molecule has 0 amide bonds. The average molecular weight is 1380 g/mol. The van der Waals surface area contributed by atoms with E-state index in [0.717, 1.165) is 21.2 Å². The van der Waals surface area contributed by atoms with Crippen molar-refractivity contribution in [3.05, 3.63) is 104 Å². The fraction of sp³-hybridized carbons (Fsp3) is 0.405. The monoisotopic (exact) mass is 1380 g/mol. The van der Waals surface area contributed by atoms with Gasteiger partial charge in [0.05, 0.1) is 24.4 Å². The number of halogens is 11. The van der Waals surface area contributed by atoms with Crippen LogP contribution in [-0.2, 0) is 10.5 Å². The number of ketones is 1. The molecule has 2 aliphatic rings. The quantitative estimate of drug-likeness (QED) is 0.0814. The van der Waals surface area contributed by atoms with Gasteiger partial charge in [0.2, 0.25) is 5.60 Å². The van der Waals surface area contributed by atoms with E-state index < -0.39 is 36.9 Å². The first-order valence-corrected chi connectivity index (χ1v) is 36.7. The number of aliphatic hydroxyl groups is 3. The molecule has 61 heavy (non-hydrogen) atoms. The molecule has 4 aromatic carbocycles. The van der Waals surface area contributed by atoms with Gasteiger partial charge in [0.25, 0.3) is 0 Å². The summed E-state index contributed by atoms with van der Waals surface area (Å²) in [5.74, 6) is -3.07. The van der Waals surface area contributed by atoms with E-state index in [2.05, 4.69) is 91.8 Å². The fourth-order valence-electron chi connectivity index (χ4n) is 5.69. The zero-order valence-corrected chi connectivity index (χ0v) is 45.5. The number of alkyl halides is 6. The second-order valence-corrected chi connectivity index (χ2v) is 58.2. The summed E-state index contributed by atoms with van der Waals surface area (Å²) in [6.07, 6.45) is -4.05. The van der Waals surface area contributed by atoms with Crippen molar-refractivity contribution in [1.82, 2.24) is 0 Å². The number of hydrogen-bond acceptors (Lipinski definition) is 6. The van der Waals surface area contributed by atoms with Gasteiger partial charge in [0.15, 0.2) is 13.9 Å². The van der Waals surface area contributed by atoms with Crippen molar-refractivity contribution in [3.63, 3.8) is 0 Å². The van der Waals surface area contributed by atoms with E-state index in [-0.39, 0.29) is 41.6 Å². The third-order valence-electron chi connectivity index (χ3n) is 9.01. The minimum absolute atomic E-state index is 0. The SMILES string of the molecule is C.CC(C)(O)CCOc1cc(Br)c2c(c1)C(=O)c1ccccc1-2.CC(C)(O)CCOc1cc(Br)c2c(c1)[C@@](O)(C(F)(F)F)c1ccccc1-2.C[Si](C)(C)C(F)(F)F.[I][V]([I])[I]. The number of ether oxygens (including phenoxy) is 2. The Balaban J connectivity index is 0.000000331. The number of fused-ring (bicyclic) bond motifs is 6. The first-order valence-electron chi connectivity index (χ1n) is 18.1. The number of rotatable bonds is 8. The maximum atomic E-state index is 13.8. The molecule has 0 spiro atoms. The number of carbonyl (C=O) groups excluding carboxylic acids is 1. The van der Waals surface area contributed by atoms with Gasteiger partial charge in [-0.1, -0.05) is 91.5 Å². The molecule has 0 fully saturated rings. The van der Waals surface area contributed by atoms with Crippen LogP contribution in [-0.4, -0.2) is 65.6 Å². The first kappa shape index (κ1) is 56.7. The Hall–Kier alpha value is -0.439. The molecule has 0 saturated heterocycles. The summed E-state index contributed by atoms with van der Waals surface area (Å²) in [4.78, 5) is 12.2. The summed E-state index contributed by atoms with van der Waals surface area (Å²) in [6.45, 7) is 11.1. The molecule has 6 rings (SSSR count). The number of benzene rings is 4.